The summed E-state index contributed by atoms with van der Waals surface area (Å²) in [4.78, 5) is 13.3. The van der Waals surface area contributed by atoms with Gasteiger partial charge >= 0.3 is 0 Å². The maximum atomic E-state index is 12.9. The smallest absolute Gasteiger partial charge is 0.238 e. The molecule has 0 spiro atoms. The van der Waals surface area contributed by atoms with Crippen molar-refractivity contribution in [3.63, 3.8) is 0 Å². The lowest BCUT2D eigenvalue weighted by Gasteiger charge is -2.15. The molecule has 4 nitrogen and oxygen atoms in total. The monoisotopic (exact) mass is 258 g/mol. The first-order valence-electron chi connectivity index (χ1n) is 5.44. The number of methoxy groups -OCH3 is 1. The molecule has 0 aliphatic carbocycles. The van der Waals surface area contributed by atoms with Crippen molar-refractivity contribution < 1.29 is 18.3 Å². The van der Waals surface area contributed by atoms with Crippen molar-refractivity contribution in [2.45, 2.75) is 0 Å². The Hall–Kier alpha value is -1.53. The molecule has 0 aromatic heterocycles. The molecule has 0 radical (unpaired) electrons. The topological polar surface area (TPSA) is 41.6 Å². The zero-order chi connectivity index (χ0) is 13.5. The van der Waals surface area contributed by atoms with E-state index in [1.54, 1.807) is 19.1 Å². The van der Waals surface area contributed by atoms with Gasteiger partial charge in [-0.25, -0.2) is 8.78 Å². The zero-order valence-electron chi connectivity index (χ0n) is 10.4. The third-order valence-electron chi connectivity index (χ3n) is 2.24. The minimum absolute atomic E-state index is 0.109. The number of nitrogens with zero attached hydrogens (tertiary/aromatic N) is 1. The Morgan fingerprint density at radius 2 is 1.94 bits per heavy atom. The summed E-state index contributed by atoms with van der Waals surface area (Å²) in [6, 6.07) is 2.88. The third-order valence-corrected chi connectivity index (χ3v) is 2.24. The van der Waals surface area contributed by atoms with E-state index in [9.17, 15) is 13.6 Å². The number of carbonyl (C=O) groups excluding carboxylic acids is 1. The predicted octanol–water partition coefficient (Wildman–Crippen LogP) is 1.48. The third kappa shape index (κ3) is 5.20. The van der Waals surface area contributed by atoms with E-state index in [1.165, 1.54) is 0 Å². The minimum atomic E-state index is -0.724. The van der Waals surface area contributed by atoms with Gasteiger partial charge in [0.2, 0.25) is 5.91 Å². The molecule has 1 aromatic carbocycles. The van der Waals surface area contributed by atoms with Crippen molar-refractivity contribution in [1.82, 2.24) is 4.90 Å². The number of hydrogen-bond acceptors (Lipinski definition) is 3. The molecule has 100 valence electrons. The van der Waals surface area contributed by atoms with Crippen LogP contribution < -0.4 is 5.32 Å². The molecule has 0 unspecified atom stereocenters. The van der Waals surface area contributed by atoms with Crippen molar-refractivity contribution in [2.75, 3.05) is 39.2 Å². The van der Waals surface area contributed by atoms with Crippen molar-refractivity contribution in [1.29, 1.82) is 0 Å². The maximum absolute atomic E-state index is 12.9. The van der Waals surface area contributed by atoms with Gasteiger partial charge in [-0.2, -0.15) is 0 Å². The van der Waals surface area contributed by atoms with Gasteiger partial charge in [-0.1, -0.05) is 0 Å². The standard InChI is InChI=1S/C12H16F2N2O2/c1-16(3-4-18-2)8-12(17)15-11-6-9(13)5-10(14)7-11/h5-7H,3-4,8H2,1-2H3,(H,15,17). The number of ether oxygens (including phenoxy) is 1. The molecule has 0 saturated carbocycles. The van der Waals surface area contributed by atoms with Crippen LogP contribution in [0.1, 0.15) is 0 Å². The molecule has 0 atom stereocenters. The molecule has 6 heteroatoms. The van der Waals surface area contributed by atoms with Crippen LogP contribution in [-0.4, -0.2) is 44.7 Å². The van der Waals surface area contributed by atoms with Crippen molar-refractivity contribution in [3.05, 3.63) is 29.8 Å². The Morgan fingerprint density at radius 1 is 1.33 bits per heavy atom. The molecule has 0 fully saturated rings. The Balaban J connectivity index is 2.48. The Bertz CT molecular complexity index is 393. The number of anilines is 1. The molecular formula is C12H16F2N2O2. The highest BCUT2D eigenvalue weighted by molar-refractivity contribution is 5.92. The molecule has 0 aliphatic heterocycles. The average Bonchev–Trinajstić information content (AvgIpc) is 2.24. The zero-order valence-corrected chi connectivity index (χ0v) is 10.4. The van der Waals surface area contributed by atoms with E-state index in [2.05, 4.69) is 5.32 Å². The summed E-state index contributed by atoms with van der Waals surface area (Å²) in [5.74, 6) is -1.78. The molecule has 1 amide bonds. The highest BCUT2D eigenvalue weighted by Crippen LogP contribution is 2.12. The molecule has 1 rings (SSSR count). The number of hydrogen-bond donors (Lipinski definition) is 1. The fourth-order valence-corrected chi connectivity index (χ4v) is 1.40. The largest absolute Gasteiger partial charge is 0.383 e. The maximum Gasteiger partial charge on any atom is 0.238 e. The van der Waals surface area contributed by atoms with Crippen molar-refractivity contribution in [3.8, 4) is 0 Å². The summed E-state index contributed by atoms with van der Waals surface area (Å²) in [7, 11) is 3.33. The molecule has 1 N–H and O–H groups in total. The molecule has 0 heterocycles. The van der Waals surface area contributed by atoms with Crippen LogP contribution >= 0.6 is 0 Å². The lowest BCUT2D eigenvalue weighted by atomic mass is 10.3. The van der Waals surface area contributed by atoms with E-state index in [1.807, 2.05) is 0 Å². The van der Waals surface area contributed by atoms with Crippen molar-refractivity contribution >= 4 is 11.6 Å². The number of benzene rings is 1. The number of amides is 1. The fourth-order valence-electron chi connectivity index (χ4n) is 1.40. The van der Waals surface area contributed by atoms with Crippen molar-refractivity contribution in [2.24, 2.45) is 0 Å². The molecule has 0 aliphatic rings. The second-order valence-electron chi connectivity index (χ2n) is 3.94. The second kappa shape index (κ2) is 7.03. The van der Waals surface area contributed by atoms with Gasteiger partial charge in [0.05, 0.1) is 13.2 Å². The van der Waals surface area contributed by atoms with E-state index in [0.29, 0.717) is 13.2 Å². The number of carbonyl (C=O) groups is 1. The van der Waals surface area contributed by atoms with E-state index < -0.39 is 11.6 Å². The summed E-state index contributed by atoms with van der Waals surface area (Å²) in [6.07, 6.45) is 0. The van der Waals surface area contributed by atoms with Crippen LogP contribution in [0.15, 0.2) is 18.2 Å². The SMILES string of the molecule is COCCN(C)CC(=O)Nc1cc(F)cc(F)c1. The predicted molar refractivity (Wildman–Crippen MR) is 64.4 cm³/mol. The summed E-state index contributed by atoms with van der Waals surface area (Å²) >= 11 is 0. The Morgan fingerprint density at radius 3 is 2.50 bits per heavy atom. The lowest BCUT2D eigenvalue weighted by molar-refractivity contribution is -0.117. The number of halogens is 2. The summed E-state index contributed by atoms with van der Waals surface area (Å²) in [6.45, 7) is 1.24. The van der Waals surface area contributed by atoms with Crippen LogP contribution in [-0.2, 0) is 9.53 Å². The quantitative estimate of drug-likeness (QED) is 0.840. The summed E-state index contributed by atoms with van der Waals surface area (Å²) in [5, 5.41) is 2.43. The molecule has 0 saturated heterocycles. The van der Waals surface area contributed by atoms with Crippen LogP contribution in [0.4, 0.5) is 14.5 Å². The van der Waals surface area contributed by atoms with Gasteiger partial charge in [0, 0.05) is 25.4 Å². The van der Waals surface area contributed by atoms with E-state index in [4.69, 9.17) is 4.74 Å². The first-order chi connectivity index (χ1) is 8.51. The van der Waals surface area contributed by atoms with Gasteiger partial charge in [-0.3, -0.25) is 9.69 Å². The van der Waals surface area contributed by atoms with E-state index in [-0.39, 0.29) is 18.1 Å². The van der Waals surface area contributed by atoms with Gasteiger partial charge in [-0.15, -0.1) is 0 Å². The van der Waals surface area contributed by atoms with Gasteiger partial charge in [0.1, 0.15) is 11.6 Å². The van der Waals surface area contributed by atoms with Gasteiger partial charge < -0.3 is 10.1 Å². The highest BCUT2D eigenvalue weighted by Gasteiger charge is 2.08. The Kier molecular flexibility index (Phi) is 5.67. The van der Waals surface area contributed by atoms with Crippen LogP contribution in [0.25, 0.3) is 0 Å². The minimum Gasteiger partial charge on any atom is -0.383 e. The molecule has 0 bridgehead atoms. The number of rotatable bonds is 6. The summed E-state index contributed by atoms with van der Waals surface area (Å²) in [5.41, 5.74) is 0.109. The van der Waals surface area contributed by atoms with Gasteiger partial charge in [0.25, 0.3) is 0 Å². The van der Waals surface area contributed by atoms with Crippen LogP contribution in [0.5, 0.6) is 0 Å². The normalized spacial score (nSPS) is 10.7. The fraction of sp³-hybridized carbons (Fsp3) is 0.417. The molecule has 1 aromatic rings. The van der Waals surface area contributed by atoms with Gasteiger partial charge in [-0.05, 0) is 19.2 Å². The van der Waals surface area contributed by atoms with E-state index in [0.717, 1.165) is 18.2 Å². The van der Waals surface area contributed by atoms with Crippen LogP contribution in [0.2, 0.25) is 0 Å². The molecule has 18 heavy (non-hydrogen) atoms. The van der Waals surface area contributed by atoms with Gasteiger partial charge in [0.15, 0.2) is 0 Å². The lowest BCUT2D eigenvalue weighted by Crippen LogP contribution is -2.32. The van der Waals surface area contributed by atoms with E-state index >= 15 is 0 Å². The molecular weight excluding hydrogens is 242 g/mol. The first kappa shape index (κ1) is 14.5. The highest BCUT2D eigenvalue weighted by atomic mass is 19.1. The first-order valence-corrected chi connectivity index (χ1v) is 5.44. The Labute approximate surface area is 105 Å². The number of likely N-dealkylation sites (N-methyl/N-ethyl adjacent to an activating group) is 1. The van der Waals surface area contributed by atoms with Crippen LogP contribution in [0.3, 0.4) is 0 Å². The van der Waals surface area contributed by atoms with Crippen LogP contribution in [0, 0.1) is 11.6 Å². The summed E-state index contributed by atoms with van der Waals surface area (Å²) < 4.78 is 30.6. The second-order valence-corrected chi connectivity index (χ2v) is 3.94. The number of nitrogens with one attached hydrogen (secondary N) is 1. The average molecular weight is 258 g/mol.